The first kappa shape index (κ1) is 20.7. The summed E-state index contributed by atoms with van der Waals surface area (Å²) in [5.41, 5.74) is 6.29. The molecule has 10 nitrogen and oxygen atoms in total. The summed E-state index contributed by atoms with van der Waals surface area (Å²) in [6.45, 7) is 0. The fourth-order valence-electron chi connectivity index (χ4n) is 2.69. The van der Waals surface area contributed by atoms with E-state index in [4.69, 9.17) is 10.5 Å². The summed E-state index contributed by atoms with van der Waals surface area (Å²) in [5.74, 6) is 0.308. The first-order chi connectivity index (χ1) is 13.5. The summed E-state index contributed by atoms with van der Waals surface area (Å²) in [4.78, 5) is -1.12. The van der Waals surface area contributed by atoms with Gasteiger partial charge in [0.25, 0.3) is 20.2 Å². The molecule has 152 valence electrons. The van der Waals surface area contributed by atoms with E-state index in [1.165, 1.54) is 37.4 Å². The van der Waals surface area contributed by atoms with Crippen LogP contribution >= 0.6 is 0 Å². The summed E-state index contributed by atoms with van der Waals surface area (Å²) < 4.78 is 71.1. The quantitative estimate of drug-likeness (QED) is 0.310. The third-order valence-corrected chi connectivity index (χ3v) is 5.74. The van der Waals surface area contributed by atoms with Crippen LogP contribution < -0.4 is 10.5 Å². The Kier molecular flexibility index (Phi) is 5.28. The maximum atomic E-state index is 11.8. The van der Waals surface area contributed by atoms with Gasteiger partial charge < -0.3 is 10.5 Å². The molecule has 29 heavy (non-hydrogen) atoms. The average Bonchev–Trinajstić information content (AvgIpc) is 2.64. The van der Waals surface area contributed by atoms with Crippen molar-refractivity contribution in [3.63, 3.8) is 0 Å². The molecule has 0 fully saturated rings. The number of azo groups is 1. The van der Waals surface area contributed by atoms with E-state index in [0.717, 1.165) is 12.1 Å². The lowest BCUT2D eigenvalue weighted by molar-refractivity contribution is 0.416. The molecule has 0 saturated carbocycles. The Morgan fingerprint density at radius 3 is 2.17 bits per heavy atom. The van der Waals surface area contributed by atoms with E-state index in [-0.39, 0.29) is 22.1 Å². The lowest BCUT2D eigenvalue weighted by atomic mass is 10.1. The molecular weight excluding hydrogens is 422 g/mol. The van der Waals surface area contributed by atoms with E-state index in [1.807, 2.05) is 0 Å². The first-order valence-corrected chi connectivity index (χ1v) is 10.8. The Morgan fingerprint density at radius 1 is 0.862 bits per heavy atom. The van der Waals surface area contributed by atoms with Gasteiger partial charge >= 0.3 is 0 Å². The van der Waals surface area contributed by atoms with Crippen molar-refractivity contribution in [2.45, 2.75) is 9.79 Å². The SMILES string of the molecule is COc1cc(N)ccc1N=Nc1cc(S(=O)(=O)O)c2cccc(S(=O)(=O)O)c2c1. The second-order valence-electron chi connectivity index (χ2n) is 5.88. The highest BCUT2D eigenvalue weighted by molar-refractivity contribution is 7.86. The fourth-order valence-corrected chi connectivity index (χ4v) is 4.12. The number of nitrogen functional groups attached to an aromatic ring is 1. The summed E-state index contributed by atoms with van der Waals surface area (Å²) >= 11 is 0. The van der Waals surface area contributed by atoms with Gasteiger partial charge in [0.1, 0.15) is 21.2 Å². The molecule has 0 aromatic heterocycles. The summed E-state index contributed by atoms with van der Waals surface area (Å²) in [6, 6.07) is 10.4. The second kappa shape index (κ2) is 7.40. The molecule has 0 bridgehead atoms. The number of methoxy groups -OCH3 is 1. The average molecular weight is 437 g/mol. The lowest BCUT2D eigenvalue weighted by Crippen LogP contribution is -2.03. The van der Waals surface area contributed by atoms with Gasteiger partial charge in [-0.3, -0.25) is 9.11 Å². The smallest absolute Gasteiger partial charge is 0.295 e. The molecule has 0 amide bonds. The predicted octanol–water partition coefficient (Wildman–Crippen LogP) is 3.34. The van der Waals surface area contributed by atoms with Crippen molar-refractivity contribution < 1.29 is 30.7 Å². The van der Waals surface area contributed by atoms with Gasteiger partial charge in [-0.1, -0.05) is 12.1 Å². The van der Waals surface area contributed by atoms with Crippen LogP contribution in [-0.4, -0.2) is 33.1 Å². The normalized spacial score (nSPS) is 12.5. The van der Waals surface area contributed by atoms with Gasteiger partial charge in [-0.15, -0.1) is 5.11 Å². The van der Waals surface area contributed by atoms with Crippen LogP contribution in [0.5, 0.6) is 5.75 Å². The number of hydrogen-bond acceptors (Lipinski definition) is 8. The maximum absolute atomic E-state index is 11.8. The van der Waals surface area contributed by atoms with Crippen molar-refractivity contribution in [2.24, 2.45) is 10.2 Å². The lowest BCUT2D eigenvalue weighted by Gasteiger charge is -2.09. The Balaban J connectivity index is 2.27. The molecule has 0 aliphatic heterocycles. The van der Waals surface area contributed by atoms with Gasteiger partial charge in [0, 0.05) is 22.5 Å². The van der Waals surface area contributed by atoms with Crippen molar-refractivity contribution in [1.29, 1.82) is 0 Å². The largest absolute Gasteiger partial charge is 0.494 e. The summed E-state index contributed by atoms with van der Waals surface area (Å²) in [5, 5.41) is 7.63. The van der Waals surface area contributed by atoms with Crippen LogP contribution in [0, 0.1) is 0 Å². The van der Waals surface area contributed by atoms with Gasteiger partial charge in [-0.05, 0) is 30.3 Å². The molecule has 0 radical (unpaired) electrons. The fraction of sp³-hybridized carbons (Fsp3) is 0.0588. The van der Waals surface area contributed by atoms with E-state index in [0.29, 0.717) is 11.4 Å². The van der Waals surface area contributed by atoms with Crippen LogP contribution in [-0.2, 0) is 20.2 Å². The molecule has 0 atom stereocenters. The van der Waals surface area contributed by atoms with Crippen LogP contribution in [0.25, 0.3) is 10.8 Å². The highest BCUT2D eigenvalue weighted by Crippen LogP contribution is 2.35. The van der Waals surface area contributed by atoms with Crippen LogP contribution in [0.4, 0.5) is 17.1 Å². The van der Waals surface area contributed by atoms with Crippen LogP contribution in [0.3, 0.4) is 0 Å². The molecule has 0 aliphatic rings. The number of benzene rings is 3. The Bertz CT molecular complexity index is 1350. The summed E-state index contributed by atoms with van der Waals surface area (Å²) in [7, 11) is -8.01. The van der Waals surface area contributed by atoms with Crippen molar-refractivity contribution >= 4 is 48.1 Å². The van der Waals surface area contributed by atoms with Gasteiger partial charge in [0.05, 0.1) is 12.8 Å². The van der Waals surface area contributed by atoms with Crippen molar-refractivity contribution in [2.75, 3.05) is 12.8 Å². The monoisotopic (exact) mass is 437 g/mol. The topological polar surface area (TPSA) is 169 Å². The molecule has 0 saturated heterocycles. The van der Waals surface area contributed by atoms with Crippen molar-refractivity contribution in [1.82, 2.24) is 0 Å². The molecule has 0 unspecified atom stereocenters. The zero-order valence-corrected chi connectivity index (χ0v) is 16.5. The molecule has 12 heteroatoms. The first-order valence-electron chi connectivity index (χ1n) is 7.88. The third kappa shape index (κ3) is 4.35. The summed E-state index contributed by atoms with van der Waals surface area (Å²) in [6.07, 6.45) is 0. The van der Waals surface area contributed by atoms with Crippen LogP contribution in [0.15, 0.2) is 68.6 Å². The maximum Gasteiger partial charge on any atom is 0.295 e. The second-order valence-corrected chi connectivity index (χ2v) is 8.66. The predicted molar refractivity (Wildman–Crippen MR) is 105 cm³/mol. The number of nitrogens with zero attached hydrogens (tertiary/aromatic N) is 2. The zero-order valence-electron chi connectivity index (χ0n) is 14.8. The van der Waals surface area contributed by atoms with E-state index in [2.05, 4.69) is 10.2 Å². The Labute approximate surface area is 166 Å². The minimum absolute atomic E-state index is 0.0832. The van der Waals surface area contributed by atoms with Crippen molar-refractivity contribution in [3.8, 4) is 5.75 Å². The zero-order chi connectivity index (χ0) is 21.4. The van der Waals surface area contributed by atoms with E-state index < -0.39 is 30.0 Å². The van der Waals surface area contributed by atoms with Crippen LogP contribution in [0.1, 0.15) is 0 Å². The van der Waals surface area contributed by atoms with E-state index in [1.54, 1.807) is 6.07 Å². The highest BCUT2D eigenvalue weighted by Gasteiger charge is 2.21. The number of ether oxygens (including phenoxy) is 1. The van der Waals surface area contributed by atoms with Gasteiger partial charge in [0.15, 0.2) is 0 Å². The minimum atomic E-state index is -4.73. The highest BCUT2D eigenvalue weighted by atomic mass is 32.2. The molecule has 0 aliphatic carbocycles. The molecule has 3 aromatic carbocycles. The van der Waals surface area contributed by atoms with Gasteiger partial charge in [-0.25, -0.2) is 0 Å². The Morgan fingerprint density at radius 2 is 1.55 bits per heavy atom. The minimum Gasteiger partial charge on any atom is -0.494 e. The van der Waals surface area contributed by atoms with Gasteiger partial charge in [-0.2, -0.15) is 21.9 Å². The van der Waals surface area contributed by atoms with Crippen LogP contribution in [0.2, 0.25) is 0 Å². The molecule has 0 spiro atoms. The molecular formula is C17H15N3O7S2. The molecule has 3 aromatic rings. The molecule has 3 rings (SSSR count). The van der Waals surface area contributed by atoms with Crippen molar-refractivity contribution in [3.05, 3.63) is 48.5 Å². The van der Waals surface area contributed by atoms with E-state index in [9.17, 15) is 25.9 Å². The third-order valence-electron chi connectivity index (χ3n) is 3.94. The van der Waals surface area contributed by atoms with Gasteiger partial charge in [0.2, 0.25) is 0 Å². The number of nitrogens with two attached hydrogens (primary N) is 1. The number of anilines is 1. The Hall–Kier alpha value is -3.06. The van der Waals surface area contributed by atoms with E-state index >= 15 is 0 Å². The molecule has 4 N–H and O–H groups in total. The number of rotatable bonds is 5. The number of hydrogen-bond donors (Lipinski definition) is 3. The molecule has 0 heterocycles. The number of fused-ring (bicyclic) bond motifs is 1. The standard InChI is InChI=1S/C17H15N3O7S2/c1-27-15-7-10(18)5-6-14(15)20-19-11-8-13-12(17(9-11)29(24,25)26)3-2-4-16(13)28(21,22)23/h2-9H,18H2,1H3,(H,21,22,23)(H,24,25,26).